The van der Waals surface area contributed by atoms with Gasteiger partial charge in [0.05, 0.1) is 27.0 Å². The molecule has 0 saturated carbocycles. The second kappa shape index (κ2) is 9.54. The van der Waals surface area contributed by atoms with Gasteiger partial charge in [-0.2, -0.15) is 0 Å². The summed E-state index contributed by atoms with van der Waals surface area (Å²) in [7, 11) is 5.36. The summed E-state index contributed by atoms with van der Waals surface area (Å²) in [6.07, 6.45) is 5.91. The number of nitrogens with zero attached hydrogens (tertiary/aromatic N) is 4. The Hall–Kier alpha value is -3.72. The Morgan fingerprint density at radius 1 is 1.18 bits per heavy atom. The number of likely N-dealkylation sites (N-methyl/N-ethyl adjacent to an activating group) is 1. The molecule has 1 aromatic heterocycles. The van der Waals surface area contributed by atoms with Gasteiger partial charge in [-0.05, 0) is 61.8 Å². The van der Waals surface area contributed by atoms with E-state index < -0.39 is 0 Å². The van der Waals surface area contributed by atoms with Gasteiger partial charge in [0.25, 0.3) is 0 Å². The van der Waals surface area contributed by atoms with Crippen LogP contribution in [0.15, 0.2) is 54.4 Å². The average molecular weight is 519 g/mol. The zero-order valence-corrected chi connectivity index (χ0v) is 21.8. The molecule has 2 aliphatic carbocycles. The van der Waals surface area contributed by atoms with Crippen LogP contribution in [0.2, 0.25) is 0 Å². The molecule has 2 aromatic carbocycles. The van der Waals surface area contributed by atoms with Crippen molar-refractivity contribution >= 4 is 5.78 Å². The first-order chi connectivity index (χ1) is 18.4. The lowest BCUT2D eigenvalue weighted by Crippen LogP contribution is -2.60. The predicted octanol–water partition coefficient (Wildman–Crippen LogP) is 3.67. The van der Waals surface area contributed by atoms with Crippen molar-refractivity contribution in [1.29, 1.82) is 0 Å². The highest BCUT2D eigenvalue weighted by atomic mass is 19.1. The van der Waals surface area contributed by atoms with Crippen LogP contribution in [0, 0.1) is 11.7 Å². The van der Waals surface area contributed by atoms with Crippen molar-refractivity contribution in [3.8, 4) is 11.5 Å². The first-order valence-electron chi connectivity index (χ1n) is 12.9. The van der Waals surface area contributed by atoms with Crippen LogP contribution in [0.3, 0.4) is 0 Å². The number of carbonyl (C=O) groups excluding carboxylic acids is 1. The van der Waals surface area contributed by atoms with Crippen molar-refractivity contribution in [3.63, 3.8) is 0 Å². The highest BCUT2D eigenvalue weighted by molar-refractivity contribution is 5.96. The fraction of sp³-hybridized carbons (Fsp3) is 0.414. The highest BCUT2D eigenvalue weighted by Crippen LogP contribution is 2.58. The number of hydrogen-bond donors (Lipinski definition) is 0. The third kappa shape index (κ3) is 4.05. The molecule has 3 aliphatic rings. The summed E-state index contributed by atoms with van der Waals surface area (Å²) in [6, 6.07) is 10.8. The number of carbonyl (C=O) groups is 1. The summed E-state index contributed by atoms with van der Waals surface area (Å²) >= 11 is 0. The smallest absolute Gasteiger partial charge is 0.197 e. The quantitative estimate of drug-likeness (QED) is 0.472. The molecule has 0 N–H and O–H groups in total. The van der Waals surface area contributed by atoms with Crippen molar-refractivity contribution in [2.24, 2.45) is 5.92 Å². The highest BCUT2D eigenvalue weighted by Gasteiger charge is 2.56. The molecular weight excluding hydrogens is 487 g/mol. The minimum Gasteiger partial charge on any atom is -0.493 e. The summed E-state index contributed by atoms with van der Waals surface area (Å²) in [5.74, 6) is 1.62. The molecule has 2 heterocycles. The first-order valence-corrected chi connectivity index (χ1v) is 12.9. The largest absolute Gasteiger partial charge is 0.493 e. The van der Waals surface area contributed by atoms with Gasteiger partial charge in [0, 0.05) is 29.4 Å². The number of ketones is 1. The monoisotopic (exact) mass is 518 g/mol. The molecule has 3 aromatic rings. The Labute approximate surface area is 221 Å². The van der Waals surface area contributed by atoms with Gasteiger partial charge in [0.15, 0.2) is 23.0 Å². The van der Waals surface area contributed by atoms with Crippen molar-refractivity contribution in [2.45, 2.75) is 43.9 Å². The fourth-order valence-electron chi connectivity index (χ4n) is 6.60. The summed E-state index contributed by atoms with van der Waals surface area (Å²) in [4.78, 5) is 15.6. The number of piperidine rings is 1. The van der Waals surface area contributed by atoms with Crippen molar-refractivity contribution < 1.29 is 23.4 Å². The van der Waals surface area contributed by atoms with Crippen LogP contribution in [0.4, 0.5) is 4.39 Å². The Bertz CT molecular complexity index is 1420. The molecule has 6 rings (SSSR count). The Balaban J connectivity index is 1.34. The SMILES string of the molecule is COC1=C[C@@H]2[C@@H]3Cc4ccc(OC)c(OCc5cn(Cc6cccc(F)c6)nn5)c4[C@]2(CCN3C)CC1=O. The molecule has 38 heavy (non-hydrogen) atoms. The maximum absolute atomic E-state index is 13.6. The number of halogens is 1. The number of benzene rings is 2. The molecule has 2 bridgehead atoms. The van der Waals surface area contributed by atoms with Crippen LogP contribution in [-0.4, -0.2) is 59.5 Å². The number of fused-ring (bicyclic) bond motifs is 1. The molecular formula is C29H31FN4O4. The fourth-order valence-corrected chi connectivity index (χ4v) is 6.60. The number of allylic oxidation sites excluding steroid dienone is 1. The summed E-state index contributed by atoms with van der Waals surface area (Å²) < 4.78 is 32.9. The van der Waals surface area contributed by atoms with E-state index in [4.69, 9.17) is 14.2 Å². The van der Waals surface area contributed by atoms with Gasteiger partial charge in [0.2, 0.25) is 0 Å². The minimum atomic E-state index is -0.386. The van der Waals surface area contributed by atoms with E-state index in [1.54, 1.807) is 31.2 Å². The minimum absolute atomic E-state index is 0.0222. The maximum atomic E-state index is 13.6. The van der Waals surface area contributed by atoms with Crippen LogP contribution in [0.25, 0.3) is 0 Å². The van der Waals surface area contributed by atoms with E-state index in [0.717, 1.165) is 30.5 Å². The molecule has 0 unspecified atom stereocenters. The lowest BCUT2D eigenvalue weighted by Gasteiger charge is -2.56. The first kappa shape index (κ1) is 24.6. The number of hydrogen-bond acceptors (Lipinski definition) is 7. The third-order valence-electron chi connectivity index (χ3n) is 8.37. The molecule has 3 atom stereocenters. The van der Waals surface area contributed by atoms with Crippen LogP contribution in [0.5, 0.6) is 11.5 Å². The molecule has 0 amide bonds. The molecule has 1 saturated heterocycles. The molecule has 1 aliphatic heterocycles. The number of likely N-dealkylation sites (tertiary alicyclic amines) is 1. The second-order valence-corrected chi connectivity index (χ2v) is 10.5. The van der Waals surface area contributed by atoms with E-state index in [9.17, 15) is 9.18 Å². The Morgan fingerprint density at radius 2 is 2.05 bits per heavy atom. The van der Waals surface area contributed by atoms with Crippen molar-refractivity contribution in [1.82, 2.24) is 19.9 Å². The van der Waals surface area contributed by atoms with Crippen molar-refractivity contribution in [2.75, 3.05) is 27.8 Å². The number of rotatable bonds is 7. The van der Waals surface area contributed by atoms with Crippen LogP contribution >= 0.6 is 0 Å². The Kier molecular flexibility index (Phi) is 6.18. The molecule has 8 nitrogen and oxygen atoms in total. The Morgan fingerprint density at radius 3 is 2.84 bits per heavy atom. The van der Waals surface area contributed by atoms with Gasteiger partial charge < -0.3 is 19.1 Å². The van der Waals surface area contributed by atoms with Gasteiger partial charge in [-0.25, -0.2) is 9.07 Å². The molecule has 1 fully saturated rings. The number of aromatic nitrogens is 3. The lowest BCUT2D eigenvalue weighted by atomic mass is 9.53. The zero-order chi connectivity index (χ0) is 26.4. The maximum Gasteiger partial charge on any atom is 0.197 e. The van der Waals surface area contributed by atoms with Gasteiger partial charge in [-0.15, -0.1) is 5.10 Å². The lowest BCUT2D eigenvalue weighted by molar-refractivity contribution is -0.122. The van der Waals surface area contributed by atoms with Crippen LogP contribution in [-0.2, 0) is 34.5 Å². The third-order valence-corrected chi connectivity index (χ3v) is 8.37. The van der Waals surface area contributed by atoms with E-state index in [2.05, 4.69) is 28.3 Å². The van der Waals surface area contributed by atoms with Crippen LogP contribution < -0.4 is 9.47 Å². The van der Waals surface area contributed by atoms with E-state index in [-0.39, 0.29) is 35.6 Å². The summed E-state index contributed by atoms with van der Waals surface area (Å²) in [6.45, 7) is 1.49. The molecule has 0 spiro atoms. The van der Waals surface area contributed by atoms with Gasteiger partial charge >= 0.3 is 0 Å². The number of ether oxygens (including phenoxy) is 3. The predicted molar refractivity (Wildman–Crippen MR) is 137 cm³/mol. The van der Waals surface area contributed by atoms with Crippen LogP contribution in [0.1, 0.15) is 35.2 Å². The second-order valence-electron chi connectivity index (χ2n) is 10.5. The average Bonchev–Trinajstić information content (AvgIpc) is 3.35. The standard InChI is InChI=1S/C29H31FN4O4/c1-33-10-9-29-14-24(35)26(37-3)13-22(29)23(33)12-19-7-8-25(36-2)28(27(19)29)38-17-21-16-34(32-31-21)15-18-5-4-6-20(30)11-18/h4-8,11,13,16,22-23H,9-10,12,14-15,17H2,1-3H3/t22-,23+,29-/m1/s1. The molecule has 198 valence electrons. The van der Waals surface area contributed by atoms with E-state index in [0.29, 0.717) is 35.9 Å². The van der Waals surface area contributed by atoms with Gasteiger partial charge in [-0.1, -0.05) is 23.4 Å². The normalized spacial score (nSPS) is 24.3. The van der Waals surface area contributed by atoms with E-state index in [1.165, 1.54) is 17.7 Å². The van der Waals surface area contributed by atoms with Gasteiger partial charge in [0.1, 0.15) is 18.1 Å². The van der Waals surface area contributed by atoms with Crippen molar-refractivity contribution in [3.05, 3.63) is 82.6 Å². The number of Topliss-reactive ketones (excluding diaryl/α,β-unsaturated/α-hetero) is 1. The van der Waals surface area contributed by atoms with E-state index in [1.807, 2.05) is 18.2 Å². The molecule has 9 heteroatoms. The summed E-state index contributed by atoms with van der Waals surface area (Å²) in [5.41, 5.74) is 3.31. The molecule has 0 radical (unpaired) electrons. The summed E-state index contributed by atoms with van der Waals surface area (Å²) in [5, 5.41) is 8.46. The van der Waals surface area contributed by atoms with Gasteiger partial charge in [-0.3, -0.25) is 4.79 Å². The zero-order valence-electron chi connectivity index (χ0n) is 21.8. The topological polar surface area (TPSA) is 78.7 Å². The number of methoxy groups -OCH3 is 2. The van der Waals surface area contributed by atoms with E-state index >= 15 is 0 Å².